The van der Waals surface area contributed by atoms with Gasteiger partial charge in [0.25, 0.3) is 0 Å². The molecule has 0 radical (unpaired) electrons. The van der Waals surface area contributed by atoms with Crippen LogP contribution >= 0.6 is 0 Å². The van der Waals surface area contributed by atoms with Gasteiger partial charge in [-0.05, 0) is 54.4 Å². The van der Waals surface area contributed by atoms with Gasteiger partial charge in [-0.1, -0.05) is 0 Å². The van der Waals surface area contributed by atoms with Crippen LogP contribution in [0.4, 0.5) is 4.39 Å². The van der Waals surface area contributed by atoms with Crippen LogP contribution in [0.15, 0.2) is 24.5 Å². The Morgan fingerprint density at radius 2 is 2.17 bits per heavy atom. The molecule has 1 amide bonds. The Labute approximate surface area is 169 Å². The number of hydrogen-bond acceptors (Lipinski definition) is 6. The molecule has 156 valence electrons. The predicted octanol–water partition coefficient (Wildman–Crippen LogP) is 1.73. The van der Waals surface area contributed by atoms with Crippen LogP contribution in [-0.2, 0) is 17.9 Å². The maximum absolute atomic E-state index is 14.2. The number of benzene rings is 1. The average Bonchev–Trinajstić information content (AvgIpc) is 3.38. The van der Waals surface area contributed by atoms with E-state index in [2.05, 4.69) is 20.4 Å². The number of methoxy groups -OCH3 is 1. The molecule has 9 heteroatoms. The molecule has 2 fully saturated rings. The molecule has 1 aromatic carbocycles. The van der Waals surface area contributed by atoms with Gasteiger partial charge in [-0.25, -0.2) is 9.07 Å². The zero-order valence-electron chi connectivity index (χ0n) is 16.8. The lowest BCUT2D eigenvalue weighted by Crippen LogP contribution is -2.45. The lowest BCUT2D eigenvalue weighted by atomic mass is 9.79. The standard InChI is InChI=1S/C20H27FN6O2/c1-29-17-3-4-18(21)16(11-17)12-25-8-2-6-20(13-25)7-10-26(14-20)19(28)5-9-27-15-22-23-24-27/h3-4,11,15H,2,5-10,12-14H2,1H3. The number of nitrogens with zero attached hydrogens (tertiary/aromatic N) is 6. The molecular formula is C20H27FN6O2. The molecule has 1 aromatic heterocycles. The molecule has 2 aliphatic heterocycles. The third-order valence-corrected chi connectivity index (χ3v) is 6.12. The van der Waals surface area contributed by atoms with E-state index in [1.807, 2.05) is 4.90 Å². The van der Waals surface area contributed by atoms with Crippen molar-refractivity contribution < 1.29 is 13.9 Å². The normalized spacial score (nSPS) is 22.3. The summed E-state index contributed by atoms with van der Waals surface area (Å²) in [7, 11) is 1.59. The van der Waals surface area contributed by atoms with Crippen molar-refractivity contribution >= 4 is 5.91 Å². The first-order chi connectivity index (χ1) is 14.1. The number of likely N-dealkylation sites (tertiary alicyclic amines) is 2. The van der Waals surface area contributed by atoms with Crippen molar-refractivity contribution in [2.75, 3.05) is 33.3 Å². The minimum absolute atomic E-state index is 0.109. The monoisotopic (exact) mass is 402 g/mol. The molecule has 3 heterocycles. The maximum Gasteiger partial charge on any atom is 0.224 e. The van der Waals surface area contributed by atoms with Crippen molar-refractivity contribution in [2.45, 2.75) is 38.8 Å². The first kappa shape index (κ1) is 19.8. The van der Waals surface area contributed by atoms with Crippen molar-refractivity contribution in [2.24, 2.45) is 5.41 Å². The summed E-state index contributed by atoms with van der Waals surface area (Å²) in [6.45, 7) is 4.47. The quantitative estimate of drug-likeness (QED) is 0.732. The summed E-state index contributed by atoms with van der Waals surface area (Å²) < 4.78 is 21.1. The highest BCUT2D eigenvalue weighted by Crippen LogP contribution is 2.39. The lowest BCUT2D eigenvalue weighted by Gasteiger charge is -2.40. The number of carbonyl (C=O) groups is 1. The Morgan fingerprint density at radius 3 is 2.97 bits per heavy atom. The Kier molecular flexibility index (Phi) is 5.75. The first-order valence-electron chi connectivity index (χ1n) is 10.1. The number of piperidine rings is 1. The molecule has 4 rings (SSSR count). The highest BCUT2D eigenvalue weighted by Gasteiger charge is 2.42. The van der Waals surface area contributed by atoms with E-state index >= 15 is 0 Å². The number of amides is 1. The number of aryl methyl sites for hydroxylation is 1. The lowest BCUT2D eigenvalue weighted by molar-refractivity contribution is -0.131. The maximum atomic E-state index is 14.2. The largest absolute Gasteiger partial charge is 0.497 e. The van der Waals surface area contributed by atoms with E-state index in [0.717, 1.165) is 45.4 Å². The summed E-state index contributed by atoms with van der Waals surface area (Å²) >= 11 is 0. The predicted molar refractivity (Wildman–Crippen MR) is 104 cm³/mol. The van der Waals surface area contributed by atoms with Gasteiger partial charge in [0.1, 0.15) is 17.9 Å². The fourth-order valence-corrected chi connectivity index (χ4v) is 4.62. The molecule has 0 aliphatic carbocycles. The van der Waals surface area contributed by atoms with E-state index in [1.165, 1.54) is 12.4 Å². The zero-order chi connectivity index (χ0) is 20.3. The summed E-state index contributed by atoms with van der Waals surface area (Å²) in [4.78, 5) is 16.9. The molecule has 29 heavy (non-hydrogen) atoms. The summed E-state index contributed by atoms with van der Waals surface area (Å²) in [6, 6.07) is 4.89. The number of hydrogen-bond donors (Lipinski definition) is 0. The number of carbonyl (C=O) groups excluding carboxylic acids is 1. The topological polar surface area (TPSA) is 76.4 Å². The number of aromatic nitrogens is 4. The van der Waals surface area contributed by atoms with Crippen molar-refractivity contribution in [1.82, 2.24) is 30.0 Å². The van der Waals surface area contributed by atoms with E-state index in [1.54, 1.807) is 23.9 Å². The van der Waals surface area contributed by atoms with Gasteiger partial charge in [0.2, 0.25) is 5.91 Å². The molecule has 8 nitrogen and oxygen atoms in total. The van der Waals surface area contributed by atoms with Gasteiger partial charge in [0, 0.05) is 43.6 Å². The Bertz CT molecular complexity index is 846. The van der Waals surface area contributed by atoms with E-state index in [9.17, 15) is 9.18 Å². The fourth-order valence-electron chi connectivity index (χ4n) is 4.62. The van der Waals surface area contributed by atoms with Crippen LogP contribution < -0.4 is 4.74 Å². The fraction of sp³-hybridized carbons (Fsp3) is 0.600. The minimum atomic E-state index is -0.198. The summed E-state index contributed by atoms with van der Waals surface area (Å²) in [5, 5.41) is 11.0. The van der Waals surface area contributed by atoms with E-state index in [0.29, 0.717) is 30.8 Å². The third-order valence-electron chi connectivity index (χ3n) is 6.12. The van der Waals surface area contributed by atoms with Gasteiger partial charge < -0.3 is 9.64 Å². The van der Waals surface area contributed by atoms with E-state index in [-0.39, 0.29) is 17.1 Å². The van der Waals surface area contributed by atoms with E-state index in [4.69, 9.17) is 4.74 Å². The average molecular weight is 402 g/mol. The van der Waals surface area contributed by atoms with Crippen LogP contribution in [-0.4, -0.2) is 69.2 Å². The summed E-state index contributed by atoms with van der Waals surface area (Å²) in [6.07, 6.45) is 5.11. The van der Waals surface area contributed by atoms with Gasteiger partial charge in [-0.15, -0.1) is 5.10 Å². The van der Waals surface area contributed by atoms with Crippen molar-refractivity contribution in [1.29, 1.82) is 0 Å². The highest BCUT2D eigenvalue weighted by molar-refractivity contribution is 5.76. The van der Waals surface area contributed by atoms with Gasteiger partial charge >= 0.3 is 0 Å². The van der Waals surface area contributed by atoms with Crippen LogP contribution in [0.25, 0.3) is 0 Å². The highest BCUT2D eigenvalue weighted by atomic mass is 19.1. The SMILES string of the molecule is COc1ccc(F)c(CN2CCCC3(CCN(C(=O)CCn4cnnn4)C3)C2)c1. The molecule has 2 saturated heterocycles. The third kappa shape index (κ3) is 4.55. The Balaban J connectivity index is 1.35. The van der Waals surface area contributed by atoms with Crippen molar-refractivity contribution in [3.05, 3.63) is 35.9 Å². The molecule has 0 saturated carbocycles. The van der Waals surface area contributed by atoms with Crippen LogP contribution in [0.2, 0.25) is 0 Å². The summed E-state index contributed by atoms with van der Waals surface area (Å²) in [5.74, 6) is 0.623. The van der Waals surface area contributed by atoms with Gasteiger partial charge in [-0.2, -0.15) is 0 Å². The smallest absolute Gasteiger partial charge is 0.224 e. The molecule has 2 aliphatic rings. The molecular weight excluding hydrogens is 375 g/mol. The number of ether oxygens (including phenoxy) is 1. The van der Waals surface area contributed by atoms with Gasteiger partial charge in [-0.3, -0.25) is 9.69 Å². The molecule has 2 aromatic rings. The summed E-state index contributed by atoms with van der Waals surface area (Å²) in [5.41, 5.74) is 0.770. The van der Waals surface area contributed by atoms with Gasteiger partial charge in [0.15, 0.2) is 0 Å². The van der Waals surface area contributed by atoms with Crippen LogP contribution in [0.3, 0.4) is 0 Å². The molecule has 0 N–H and O–H groups in total. The minimum Gasteiger partial charge on any atom is -0.497 e. The molecule has 1 atom stereocenters. The van der Waals surface area contributed by atoms with Crippen molar-refractivity contribution in [3.63, 3.8) is 0 Å². The van der Waals surface area contributed by atoms with Crippen LogP contribution in [0, 0.1) is 11.2 Å². The zero-order valence-corrected chi connectivity index (χ0v) is 16.8. The van der Waals surface area contributed by atoms with E-state index < -0.39 is 0 Å². The number of rotatable bonds is 6. The molecule has 0 bridgehead atoms. The Hall–Kier alpha value is -2.55. The molecule has 1 unspecified atom stereocenters. The van der Waals surface area contributed by atoms with Gasteiger partial charge in [0.05, 0.1) is 13.7 Å². The number of halogens is 1. The second-order valence-electron chi connectivity index (χ2n) is 8.16. The van der Waals surface area contributed by atoms with Crippen LogP contribution in [0.5, 0.6) is 5.75 Å². The second kappa shape index (κ2) is 8.44. The second-order valence-corrected chi connectivity index (χ2v) is 8.16. The Morgan fingerprint density at radius 1 is 1.28 bits per heavy atom. The molecule has 1 spiro atoms. The first-order valence-corrected chi connectivity index (χ1v) is 10.1. The van der Waals surface area contributed by atoms with Crippen molar-refractivity contribution in [3.8, 4) is 5.75 Å². The van der Waals surface area contributed by atoms with Crippen LogP contribution in [0.1, 0.15) is 31.2 Å². The number of tetrazole rings is 1.